The van der Waals surface area contributed by atoms with Crippen molar-refractivity contribution in [3.05, 3.63) is 52.9 Å². The van der Waals surface area contributed by atoms with Crippen molar-refractivity contribution in [1.82, 2.24) is 10.2 Å². The minimum Gasteiger partial charge on any atom is -0.468 e. The lowest BCUT2D eigenvalue weighted by molar-refractivity contribution is -0.117. The predicted molar refractivity (Wildman–Crippen MR) is 108 cm³/mol. The Hall–Kier alpha value is -2.31. The number of carbonyl (C=O) groups excluding carboxylic acids is 2. The first kappa shape index (κ1) is 19.0. The number of hydrogen-bond donors (Lipinski definition) is 1. The number of amides is 2. The fraction of sp³-hybridized carbons (Fsp3) is 0.429. The SMILES string of the molecule is O=C(NC[C@H](c1ccco1)N1CCCC1)c1ccc(Cl)cc1N1CCCC1=O. The van der Waals surface area contributed by atoms with Crippen molar-refractivity contribution >= 4 is 29.1 Å². The third-order valence-electron chi connectivity index (χ3n) is 5.48. The van der Waals surface area contributed by atoms with Crippen molar-refractivity contribution in [2.24, 2.45) is 0 Å². The molecular weight excluding hydrogens is 378 g/mol. The van der Waals surface area contributed by atoms with Gasteiger partial charge in [-0.1, -0.05) is 11.6 Å². The topological polar surface area (TPSA) is 65.8 Å². The zero-order valence-corrected chi connectivity index (χ0v) is 16.5. The molecule has 4 rings (SSSR count). The van der Waals surface area contributed by atoms with Gasteiger partial charge in [0.2, 0.25) is 5.91 Å². The Morgan fingerprint density at radius 3 is 2.68 bits per heavy atom. The van der Waals surface area contributed by atoms with E-state index < -0.39 is 0 Å². The van der Waals surface area contributed by atoms with Crippen LogP contribution in [0.4, 0.5) is 5.69 Å². The number of nitrogens with one attached hydrogen (secondary N) is 1. The fourth-order valence-electron chi connectivity index (χ4n) is 4.05. The van der Waals surface area contributed by atoms with Gasteiger partial charge in [0, 0.05) is 24.5 Å². The summed E-state index contributed by atoms with van der Waals surface area (Å²) in [6.45, 7) is 3.05. The van der Waals surface area contributed by atoms with Crippen LogP contribution in [-0.2, 0) is 4.79 Å². The van der Waals surface area contributed by atoms with Crippen molar-refractivity contribution in [2.75, 3.05) is 31.1 Å². The van der Waals surface area contributed by atoms with Crippen LogP contribution in [0.3, 0.4) is 0 Å². The summed E-state index contributed by atoms with van der Waals surface area (Å²) in [5.74, 6) is 0.678. The number of anilines is 1. The number of benzene rings is 1. The number of likely N-dealkylation sites (tertiary alicyclic amines) is 1. The molecule has 3 heterocycles. The molecule has 7 heteroatoms. The van der Waals surface area contributed by atoms with Crippen LogP contribution in [-0.4, -0.2) is 42.9 Å². The van der Waals surface area contributed by atoms with Gasteiger partial charge in [-0.05, 0) is 62.7 Å². The van der Waals surface area contributed by atoms with Crippen LogP contribution in [0.2, 0.25) is 5.02 Å². The molecule has 6 nitrogen and oxygen atoms in total. The lowest BCUT2D eigenvalue weighted by Crippen LogP contribution is -2.37. The van der Waals surface area contributed by atoms with Gasteiger partial charge in [0.25, 0.3) is 5.91 Å². The molecule has 1 atom stereocenters. The van der Waals surface area contributed by atoms with Crippen LogP contribution < -0.4 is 10.2 Å². The summed E-state index contributed by atoms with van der Waals surface area (Å²) >= 11 is 6.14. The molecule has 1 aromatic heterocycles. The normalized spacial score (nSPS) is 18.6. The Labute approximate surface area is 169 Å². The maximum absolute atomic E-state index is 13.0. The highest BCUT2D eigenvalue weighted by molar-refractivity contribution is 6.31. The van der Waals surface area contributed by atoms with Crippen molar-refractivity contribution in [3.8, 4) is 0 Å². The molecule has 2 fully saturated rings. The van der Waals surface area contributed by atoms with Gasteiger partial charge in [-0.3, -0.25) is 14.5 Å². The van der Waals surface area contributed by atoms with Gasteiger partial charge in [-0.15, -0.1) is 0 Å². The lowest BCUT2D eigenvalue weighted by atomic mass is 10.1. The zero-order valence-electron chi connectivity index (χ0n) is 15.7. The van der Waals surface area contributed by atoms with E-state index in [2.05, 4.69) is 10.2 Å². The second kappa shape index (κ2) is 8.37. The van der Waals surface area contributed by atoms with Crippen molar-refractivity contribution < 1.29 is 14.0 Å². The van der Waals surface area contributed by atoms with Crippen LogP contribution >= 0.6 is 11.6 Å². The second-order valence-corrected chi connectivity index (χ2v) is 7.73. The monoisotopic (exact) mass is 401 g/mol. The number of furan rings is 1. The van der Waals surface area contributed by atoms with Gasteiger partial charge < -0.3 is 14.6 Å². The van der Waals surface area contributed by atoms with Crippen LogP contribution in [0.25, 0.3) is 0 Å². The molecule has 28 heavy (non-hydrogen) atoms. The van der Waals surface area contributed by atoms with E-state index in [0.717, 1.165) is 38.1 Å². The summed E-state index contributed by atoms with van der Waals surface area (Å²) in [7, 11) is 0. The molecule has 1 aromatic carbocycles. The predicted octanol–water partition coefficient (Wildman–Crippen LogP) is 3.63. The molecule has 2 aliphatic heterocycles. The number of carbonyl (C=O) groups is 2. The highest BCUT2D eigenvalue weighted by atomic mass is 35.5. The lowest BCUT2D eigenvalue weighted by Gasteiger charge is -2.26. The van der Waals surface area contributed by atoms with E-state index in [9.17, 15) is 9.59 Å². The summed E-state index contributed by atoms with van der Waals surface area (Å²) in [6.07, 6.45) is 5.27. The van der Waals surface area contributed by atoms with Gasteiger partial charge in [-0.25, -0.2) is 0 Å². The molecule has 2 aromatic rings. The Bertz CT molecular complexity index is 847. The molecule has 0 saturated carbocycles. The fourth-order valence-corrected chi connectivity index (χ4v) is 4.22. The molecular formula is C21H24ClN3O3. The van der Waals surface area contributed by atoms with Gasteiger partial charge in [0.1, 0.15) is 5.76 Å². The average Bonchev–Trinajstić information content (AvgIpc) is 3.45. The van der Waals surface area contributed by atoms with Crippen molar-refractivity contribution in [1.29, 1.82) is 0 Å². The van der Waals surface area contributed by atoms with Crippen LogP contribution in [0.5, 0.6) is 0 Å². The molecule has 2 saturated heterocycles. The molecule has 0 radical (unpaired) electrons. The summed E-state index contributed by atoms with van der Waals surface area (Å²) in [5.41, 5.74) is 1.06. The molecule has 0 spiro atoms. The third kappa shape index (κ3) is 3.93. The maximum Gasteiger partial charge on any atom is 0.253 e. The van der Waals surface area contributed by atoms with E-state index in [4.69, 9.17) is 16.0 Å². The highest BCUT2D eigenvalue weighted by Gasteiger charge is 2.28. The maximum atomic E-state index is 13.0. The second-order valence-electron chi connectivity index (χ2n) is 7.29. The number of hydrogen-bond acceptors (Lipinski definition) is 4. The first-order valence-corrected chi connectivity index (χ1v) is 10.2. The summed E-state index contributed by atoms with van der Waals surface area (Å²) < 4.78 is 5.62. The summed E-state index contributed by atoms with van der Waals surface area (Å²) in [5, 5.41) is 3.55. The van der Waals surface area contributed by atoms with Crippen LogP contribution in [0.15, 0.2) is 41.0 Å². The molecule has 148 valence electrons. The first-order chi connectivity index (χ1) is 13.6. The summed E-state index contributed by atoms with van der Waals surface area (Å²) in [6, 6.07) is 8.90. The van der Waals surface area contributed by atoms with E-state index in [-0.39, 0.29) is 17.9 Å². The smallest absolute Gasteiger partial charge is 0.253 e. The minimum atomic E-state index is -0.206. The quantitative estimate of drug-likeness (QED) is 0.802. The molecule has 0 bridgehead atoms. The molecule has 0 unspecified atom stereocenters. The Balaban J connectivity index is 1.52. The van der Waals surface area contributed by atoms with E-state index in [1.807, 2.05) is 12.1 Å². The van der Waals surface area contributed by atoms with Crippen LogP contribution in [0, 0.1) is 0 Å². The van der Waals surface area contributed by atoms with Crippen LogP contribution in [0.1, 0.15) is 47.8 Å². The van der Waals surface area contributed by atoms with Crippen molar-refractivity contribution in [2.45, 2.75) is 31.7 Å². The molecule has 1 N–H and O–H groups in total. The molecule has 2 amide bonds. The van der Waals surface area contributed by atoms with Gasteiger partial charge >= 0.3 is 0 Å². The van der Waals surface area contributed by atoms with Gasteiger partial charge in [0.15, 0.2) is 0 Å². The number of nitrogens with zero attached hydrogens (tertiary/aromatic N) is 2. The number of halogens is 1. The standard InChI is InChI=1S/C21H24ClN3O3/c22-15-7-8-16(17(13-15)25-11-3-6-20(25)26)21(27)23-14-18(19-5-4-12-28-19)24-9-1-2-10-24/h4-5,7-8,12-13,18H,1-3,6,9-11,14H2,(H,23,27)/t18-/m1/s1. The van der Waals surface area contributed by atoms with Gasteiger partial charge in [-0.2, -0.15) is 0 Å². The van der Waals surface area contributed by atoms with E-state index >= 15 is 0 Å². The Kier molecular flexibility index (Phi) is 5.69. The molecule has 2 aliphatic rings. The molecule has 0 aliphatic carbocycles. The average molecular weight is 402 g/mol. The Morgan fingerprint density at radius 1 is 1.18 bits per heavy atom. The van der Waals surface area contributed by atoms with Gasteiger partial charge in [0.05, 0.1) is 23.6 Å². The summed E-state index contributed by atoms with van der Waals surface area (Å²) in [4.78, 5) is 29.2. The Morgan fingerprint density at radius 2 is 2.00 bits per heavy atom. The number of rotatable bonds is 6. The largest absolute Gasteiger partial charge is 0.468 e. The van der Waals surface area contributed by atoms with E-state index in [0.29, 0.717) is 35.8 Å². The van der Waals surface area contributed by atoms with E-state index in [1.165, 1.54) is 0 Å². The third-order valence-corrected chi connectivity index (χ3v) is 5.71. The van der Waals surface area contributed by atoms with Crippen molar-refractivity contribution in [3.63, 3.8) is 0 Å². The minimum absolute atomic E-state index is 0.00520. The zero-order chi connectivity index (χ0) is 19.5. The van der Waals surface area contributed by atoms with E-state index in [1.54, 1.807) is 29.4 Å². The first-order valence-electron chi connectivity index (χ1n) is 9.79. The highest BCUT2D eigenvalue weighted by Crippen LogP contribution is 2.29.